The highest BCUT2D eigenvalue weighted by Gasteiger charge is 2.39. The van der Waals surface area contributed by atoms with Crippen LogP contribution in [0.3, 0.4) is 0 Å². The molecule has 6 heterocycles. The highest BCUT2D eigenvalue weighted by molar-refractivity contribution is 7.21. The molecule has 0 amide bonds. The van der Waals surface area contributed by atoms with Gasteiger partial charge in [-0.15, -0.1) is 56.7 Å². The fourth-order valence-corrected chi connectivity index (χ4v) is 9.87. The van der Waals surface area contributed by atoms with Crippen LogP contribution in [-0.4, -0.2) is 68.8 Å². The molecule has 0 aliphatic rings. The molecule has 0 aliphatic heterocycles. The number of nitrogens with two attached hydrogens (primary N) is 3. The Hall–Kier alpha value is -7.81. The van der Waals surface area contributed by atoms with Crippen molar-refractivity contribution in [3.63, 3.8) is 0 Å². The van der Waals surface area contributed by atoms with E-state index in [0.29, 0.717) is 29.8 Å². The van der Waals surface area contributed by atoms with E-state index in [1.54, 1.807) is 17.4 Å². The smallest absolute Gasteiger partial charge is 0.488 e. The number of rotatable bonds is 12. The van der Waals surface area contributed by atoms with Crippen molar-refractivity contribution < 1.29 is 64.9 Å². The molecule has 0 bridgehead atoms. The quantitative estimate of drug-likeness (QED) is 0.0320. The number of hydrogen-bond acceptors (Lipinski definition) is 17. The number of benzene rings is 3. The van der Waals surface area contributed by atoms with Crippen LogP contribution < -0.4 is 31.4 Å². The van der Waals surface area contributed by atoms with Crippen LogP contribution in [0.25, 0.3) is 41.0 Å². The maximum absolute atomic E-state index is 10.6. The lowest BCUT2D eigenvalue weighted by Gasteiger charge is -2.04. The zero-order chi connectivity index (χ0) is 54.3. The highest BCUT2D eigenvalue weighted by atomic mass is 35.5. The molecule has 74 heavy (non-hydrogen) atoms. The Balaban J connectivity index is 0.000000185. The Morgan fingerprint density at radius 1 is 0.662 bits per heavy atom. The van der Waals surface area contributed by atoms with Crippen molar-refractivity contribution in [2.75, 3.05) is 6.61 Å². The fraction of sp³-hybridized carbons (Fsp3) is 0.111. The normalized spacial score (nSPS) is 10.8. The van der Waals surface area contributed by atoms with E-state index >= 15 is 0 Å². The van der Waals surface area contributed by atoms with Crippen molar-refractivity contribution in [3.05, 3.63) is 132 Å². The Morgan fingerprint density at radius 3 is 1.46 bits per heavy atom. The van der Waals surface area contributed by atoms with Gasteiger partial charge >= 0.3 is 24.3 Å². The van der Waals surface area contributed by atoms with Gasteiger partial charge in [0, 0.05) is 19.0 Å². The number of carboxylic acid groups (broad SMARTS) is 2. The second-order valence-electron chi connectivity index (χ2n) is 14.0. The van der Waals surface area contributed by atoms with Gasteiger partial charge in [0.15, 0.2) is 13.2 Å². The molecule has 9 aromatic rings. The Labute approximate surface area is 437 Å². The maximum Gasteiger partial charge on any atom is 0.490 e. The van der Waals surface area contributed by atoms with Crippen molar-refractivity contribution in [2.45, 2.75) is 25.6 Å². The minimum atomic E-state index is -5.08. The second-order valence-corrected chi connectivity index (χ2v) is 20.0. The van der Waals surface area contributed by atoms with Crippen molar-refractivity contribution in [1.29, 1.82) is 21.5 Å². The number of aliphatic carboxylic acids is 2. The van der Waals surface area contributed by atoms with Crippen molar-refractivity contribution in [3.8, 4) is 34.1 Å². The van der Waals surface area contributed by atoms with Gasteiger partial charge in [0.1, 0.15) is 47.4 Å². The zero-order valence-corrected chi connectivity index (χ0v) is 41.9. The van der Waals surface area contributed by atoms with E-state index in [2.05, 4.69) is 10.1 Å². The van der Waals surface area contributed by atoms with Crippen LogP contribution in [0.1, 0.15) is 25.3 Å². The molecule has 6 aromatic heterocycles. The van der Waals surface area contributed by atoms with Crippen molar-refractivity contribution in [1.82, 2.24) is 10.1 Å². The van der Waals surface area contributed by atoms with Crippen LogP contribution in [0.5, 0.6) is 17.2 Å². The van der Waals surface area contributed by atoms with Crippen molar-refractivity contribution in [2.24, 2.45) is 17.2 Å². The van der Waals surface area contributed by atoms with E-state index in [1.807, 2.05) is 102 Å². The lowest BCUT2D eigenvalue weighted by atomic mass is 10.2. The third-order valence-corrected chi connectivity index (χ3v) is 14.1. The summed E-state index contributed by atoms with van der Waals surface area (Å²) in [6.45, 7) is 0.773. The van der Waals surface area contributed by atoms with Crippen LogP contribution in [0.4, 0.5) is 26.3 Å². The number of fused-ring (bicyclic) bond motifs is 3. The Bertz CT molecular complexity index is 3430. The average molecular weight is 1140 g/mol. The molecule has 0 atom stereocenters. The summed E-state index contributed by atoms with van der Waals surface area (Å²) in [5.74, 6) is -2.10. The lowest BCUT2D eigenvalue weighted by Crippen LogP contribution is -2.21. The topological polar surface area (TPSA) is 315 Å². The number of carbonyl (C=O) groups is 2. The third kappa shape index (κ3) is 17.2. The number of alkyl halides is 6. The van der Waals surface area contributed by atoms with Gasteiger partial charge in [-0.05, 0) is 113 Å². The number of halogens is 7. The summed E-state index contributed by atoms with van der Waals surface area (Å²) >= 11 is 13.4. The first-order valence-corrected chi connectivity index (χ1v) is 24.5. The first-order valence-electron chi connectivity index (χ1n) is 20.0. The summed E-state index contributed by atoms with van der Waals surface area (Å²) in [5.41, 5.74) is 16.4. The number of carboxylic acids is 2. The van der Waals surface area contributed by atoms with Gasteiger partial charge < -0.3 is 46.1 Å². The van der Waals surface area contributed by atoms with E-state index in [0.717, 1.165) is 64.7 Å². The van der Waals surface area contributed by atoms with Gasteiger partial charge in [-0.3, -0.25) is 16.2 Å². The third-order valence-electron chi connectivity index (χ3n) is 8.64. The monoisotopic (exact) mass is 1140 g/mol. The second kappa shape index (κ2) is 25.7. The van der Waals surface area contributed by atoms with E-state index in [9.17, 15) is 26.3 Å². The van der Waals surface area contributed by atoms with Crippen LogP contribution in [0.2, 0.25) is 4.34 Å². The number of nitriles is 1. The summed E-state index contributed by atoms with van der Waals surface area (Å²) < 4.78 is 89.2. The summed E-state index contributed by atoms with van der Waals surface area (Å²) in [4.78, 5) is 26.4. The molecule has 17 nitrogen and oxygen atoms in total. The lowest BCUT2D eigenvalue weighted by molar-refractivity contribution is -0.193. The predicted molar refractivity (Wildman–Crippen MR) is 273 cm³/mol. The van der Waals surface area contributed by atoms with E-state index in [-0.39, 0.29) is 30.7 Å². The molecule has 9 rings (SSSR count). The summed E-state index contributed by atoms with van der Waals surface area (Å²) in [6.07, 6.45) is -10.2. The van der Waals surface area contributed by atoms with Crippen LogP contribution in [-0.2, 0) is 22.8 Å². The van der Waals surface area contributed by atoms with Crippen LogP contribution in [0, 0.1) is 27.6 Å². The first kappa shape index (κ1) is 57.1. The van der Waals surface area contributed by atoms with Gasteiger partial charge in [0.05, 0.1) is 23.8 Å². The van der Waals surface area contributed by atoms with Crippen LogP contribution in [0.15, 0.2) is 107 Å². The van der Waals surface area contributed by atoms with E-state index in [1.165, 1.54) is 45.3 Å². The summed E-state index contributed by atoms with van der Waals surface area (Å²) in [6, 6.07) is 32.5. The van der Waals surface area contributed by atoms with Crippen LogP contribution >= 0.6 is 68.3 Å². The molecule has 0 aliphatic carbocycles. The van der Waals surface area contributed by atoms with Gasteiger partial charge in [-0.1, -0.05) is 22.8 Å². The number of thiophene rings is 5. The molecule has 0 fully saturated rings. The molecule has 0 saturated heterocycles. The molecule has 3 aromatic carbocycles. The maximum atomic E-state index is 10.6. The molecule has 11 N–H and O–H groups in total. The van der Waals surface area contributed by atoms with Gasteiger partial charge in [-0.25, -0.2) is 9.59 Å². The minimum Gasteiger partial charge on any atom is -0.488 e. The number of amidine groups is 3. The minimum absolute atomic E-state index is 0.0381. The zero-order valence-electron chi connectivity index (χ0n) is 37.0. The van der Waals surface area contributed by atoms with Gasteiger partial charge in [-0.2, -0.15) is 36.6 Å². The number of hydrogen-bond donors (Lipinski definition) is 8. The summed E-state index contributed by atoms with van der Waals surface area (Å²) in [7, 11) is 0. The number of ether oxygens (including phenoxy) is 3. The van der Waals surface area contributed by atoms with Gasteiger partial charge in [0.25, 0.3) is 5.89 Å². The Kier molecular flexibility index (Phi) is 19.8. The molecule has 0 radical (unpaired) electrons. The summed E-state index contributed by atoms with van der Waals surface area (Å²) in [5, 5.41) is 54.0. The fourth-order valence-electron chi connectivity index (χ4n) is 5.36. The molecule has 0 saturated carbocycles. The average Bonchev–Trinajstić information content (AvgIpc) is 4.21. The predicted octanol–water partition coefficient (Wildman–Crippen LogP) is 11.7. The van der Waals surface area contributed by atoms with E-state index < -0.39 is 24.3 Å². The standard InChI is InChI=1S/C16H12N4O2S2.C14H11ClN2OS2.C11H9N3OS.2C2HF3O2/c17-15(18)13-6-9-3-4-10(7-12(9)24-13)21-8-14-19-16(22-20-14)11-2-1-5-23-11;15-13-4-3-10(19-13)7-18-9-2-1-8-5-12(14(16)17)20-11(8)6-9;12-3-4-15-8-2-1-7-5-10(11(13)14)16-9(7)6-8;2*3-2(4,5)1(6)7/h1-7H,8H2,(H3,17,18);1-6H,7H2,(H3,16,17);1-2,5-6H,4H2,(H3,13,14);2*(H,6,7). The number of nitrogen functional groups attached to an aromatic ring is 3. The largest absolute Gasteiger partial charge is 0.490 e. The molecule has 29 heteroatoms. The highest BCUT2D eigenvalue weighted by Crippen LogP contribution is 2.32. The molecule has 386 valence electrons. The molecule has 0 spiro atoms. The SMILES string of the molecule is N#CCOc1ccc2cc(C(=N)N)sc2c1.N=C(N)c1cc2ccc(OCc3ccc(Cl)s3)cc2s1.N=C(N)c1cc2ccc(OCc3noc(-c4cccs4)n3)cc2s1.O=C(O)C(F)(F)F.O=C(O)C(F)(F)F. The first-order chi connectivity index (χ1) is 34.9. The van der Waals surface area contributed by atoms with Crippen molar-refractivity contribution >= 4 is 128 Å². The van der Waals surface area contributed by atoms with Gasteiger partial charge in [0.2, 0.25) is 5.82 Å². The van der Waals surface area contributed by atoms with E-state index in [4.69, 9.17) is 88.8 Å². The number of nitrogens with zero attached hydrogens (tertiary/aromatic N) is 3. The Morgan fingerprint density at radius 2 is 1.09 bits per heavy atom. The molecule has 0 unspecified atom stereocenters. The molecular weight excluding hydrogens is 1100 g/mol. The molecular formula is C45H34ClF6N9O8S5. The number of nitrogens with one attached hydrogen (secondary N) is 3. The number of aromatic nitrogens is 2.